The molecule has 0 unspecified atom stereocenters. The highest BCUT2D eigenvalue weighted by Gasteiger charge is 2.28. The standard InChI is InChI=1S/C30H42F2N4O3/c1-4-6-10-36-12-11-35(21-30(36)39)20-29(38)33-27(16-24-14-25(31)17-26(32)15-24)28(37)19-34(3)18-23-9-7-8-22(5-2)13-23/h7-9,13-15,17,27-28,37H,4-6,10-12,16,18-21H2,1-3H3,(H,33,38)/t27-,28+/m0/s1. The summed E-state index contributed by atoms with van der Waals surface area (Å²) in [5, 5.41) is 14.0. The van der Waals surface area contributed by atoms with Gasteiger partial charge >= 0.3 is 0 Å². The number of nitrogens with zero attached hydrogens (tertiary/aromatic N) is 3. The van der Waals surface area contributed by atoms with Crippen LogP contribution in [0.5, 0.6) is 0 Å². The Hall–Kier alpha value is -2.88. The molecule has 2 N–H and O–H groups in total. The number of carbonyl (C=O) groups excluding carboxylic acids is 2. The van der Waals surface area contributed by atoms with E-state index in [1.807, 2.05) is 29.0 Å². The van der Waals surface area contributed by atoms with E-state index in [1.54, 1.807) is 4.90 Å². The van der Waals surface area contributed by atoms with Crippen LogP contribution in [0.1, 0.15) is 43.4 Å². The maximum atomic E-state index is 13.9. The van der Waals surface area contributed by atoms with E-state index in [1.165, 1.54) is 17.7 Å². The summed E-state index contributed by atoms with van der Waals surface area (Å²) in [5.74, 6) is -1.76. The zero-order valence-corrected chi connectivity index (χ0v) is 23.3. The molecule has 0 saturated carbocycles. The molecule has 2 atom stereocenters. The summed E-state index contributed by atoms with van der Waals surface area (Å²) in [6, 6.07) is 10.7. The van der Waals surface area contributed by atoms with Gasteiger partial charge in [-0.15, -0.1) is 0 Å². The van der Waals surface area contributed by atoms with Crippen molar-refractivity contribution in [2.45, 2.75) is 58.2 Å². The fourth-order valence-corrected chi connectivity index (χ4v) is 4.97. The minimum atomic E-state index is -0.993. The van der Waals surface area contributed by atoms with E-state index < -0.39 is 23.8 Å². The van der Waals surface area contributed by atoms with Gasteiger partial charge in [-0.05, 0) is 55.1 Å². The Labute approximate surface area is 230 Å². The molecule has 1 aliphatic heterocycles. The Morgan fingerprint density at radius 2 is 1.79 bits per heavy atom. The van der Waals surface area contributed by atoms with E-state index in [-0.39, 0.29) is 37.9 Å². The van der Waals surface area contributed by atoms with Gasteiger partial charge in [0, 0.05) is 38.8 Å². The molecule has 1 saturated heterocycles. The van der Waals surface area contributed by atoms with E-state index in [4.69, 9.17) is 0 Å². The molecule has 1 aliphatic rings. The highest BCUT2D eigenvalue weighted by atomic mass is 19.1. The van der Waals surface area contributed by atoms with Gasteiger partial charge in [-0.3, -0.25) is 19.4 Å². The van der Waals surface area contributed by atoms with Gasteiger partial charge in [0.05, 0.1) is 25.2 Å². The summed E-state index contributed by atoms with van der Waals surface area (Å²) in [6.45, 7) is 7.08. The smallest absolute Gasteiger partial charge is 0.236 e. The third-order valence-electron chi connectivity index (χ3n) is 7.09. The minimum Gasteiger partial charge on any atom is -0.390 e. The maximum absolute atomic E-state index is 13.9. The Morgan fingerprint density at radius 3 is 2.46 bits per heavy atom. The Balaban J connectivity index is 1.64. The fraction of sp³-hybridized carbons (Fsp3) is 0.533. The first-order valence-electron chi connectivity index (χ1n) is 13.9. The number of aliphatic hydroxyl groups is 1. The number of halogens is 2. The molecule has 1 fully saturated rings. The second kappa shape index (κ2) is 15.1. The predicted molar refractivity (Wildman–Crippen MR) is 148 cm³/mol. The van der Waals surface area contributed by atoms with Crippen molar-refractivity contribution in [1.29, 1.82) is 0 Å². The number of hydrogen-bond acceptors (Lipinski definition) is 5. The van der Waals surface area contributed by atoms with Gasteiger partial charge in [0.1, 0.15) is 11.6 Å². The molecule has 9 heteroatoms. The summed E-state index contributed by atoms with van der Waals surface area (Å²) in [5.41, 5.74) is 2.68. The Morgan fingerprint density at radius 1 is 1.08 bits per heavy atom. The number of hydrogen-bond donors (Lipinski definition) is 2. The molecule has 2 aromatic carbocycles. The zero-order valence-electron chi connectivity index (χ0n) is 23.3. The summed E-state index contributed by atoms with van der Waals surface area (Å²) < 4.78 is 27.7. The third-order valence-corrected chi connectivity index (χ3v) is 7.09. The number of aliphatic hydroxyl groups excluding tert-OH is 1. The lowest BCUT2D eigenvalue weighted by Gasteiger charge is -2.34. The SMILES string of the molecule is CCCCN1CCN(CC(=O)N[C@@H](Cc2cc(F)cc(F)c2)[C@H](O)CN(C)Cc2cccc(CC)c2)CC1=O. The van der Waals surface area contributed by atoms with Crippen LogP contribution in [-0.4, -0.2) is 90.1 Å². The van der Waals surface area contributed by atoms with Gasteiger partial charge in [0.15, 0.2) is 0 Å². The normalized spacial score (nSPS) is 16.0. The van der Waals surface area contributed by atoms with Crippen LogP contribution in [0.15, 0.2) is 42.5 Å². The van der Waals surface area contributed by atoms with Crippen LogP contribution in [0.25, 0.3) is 0 Å². The molecule has 2 aromatic rings. The van der Waals surface area contributed by atoms with Crippen LogP contribution in [0.3, 0.4) is 0 Å². The van der Waals surface area contributed by atoms with E-state index in [2.05, 4.69) is 31.3 Å². The lowest BCUT2D eigenvalue weighted by Crippen LogP contribution is -2.55. The Kier molecular flexibility index (Phi) is 11.8. The molecular weight excluding hydrogens is 502 g/mol. The minimum absolute atomic E-state index is 0.00286. The highest BCUT2D eigenvalue weighted by molar-refractivity contribution is 5.82. The van der Waals surface area contributed by atoms with Crippen molar-refractivity contribution in [3.8, 4) is 0 Å². The van der Waals surface area contributed by atoms with Crippen LogP contribution >= 0.6 is 0 Å². The second-order valence-electron chi connectivity index (χ2n) is 10.5. The summed E-state index contributed by atoms with van der Waals surface area (Å²) in [6.07, 6.45) is 1.95. The van der Waals surface area contributed by atoms with Crippen LogP contribution in [-0.2, 0) is 29.0 Å². The number of piperazine rings is 1. The molecule has 0 spiro atoms. The largest absolute Gasteiger partial charge is 0.390 e. The molecule has 0 radical (unpaired) electrons. The molecule has 0 aliphatic carbocycles. The number of aryl methyl sites for hydroxylation is 1. The molecule has 2 amide bonds. The van der Waals surface area contributed by atoms with Gasteiger partial charge in [0.25, 0.3) is 0 Å². The van der Waals surface area contributed by atoms with E-state index in [0.717, 1.165) is 37.4 Å². The molecule has 1 heterocycles. The molecule has 7 nitrogen and oxygen atoms in total. The van der Waals surface area contributed by atoms with E-state index in [0.29, 0.717) is 25.2 Å². The number of likely N-dealkylation sites (N-methyl/N-ethyl adjacent to an activating group) is 1. The van der Waals surface area contributed by atoms with Crippen molar-refractivity contribution in [1.82, 2.24) is 20.0 Å². The average Bonchev–Trinajstić information content (AvgIpc) is 2.87. The Bertz CT molecular complexity index is 1080. The van der Waals surface area contributed by atoms with Gasteiger partial charge in [-0.2, -0.15) is 0 Å². The van der Waals surface area contributed by atoms with Gasteiger partial charge in [0.2, 0.25) is 11.8 Å². The number of benzene rings is 2. The molecule has 0 aromatic heterocycles. The van der Waals surface area contributed by atoms with Crippen molar-refractivity contribution in [3.05, 3.63) is 70.8 Å². The predicted octanol–water partition coefficient (Wildman–Crippen LogP) is 2.99. The quantitative estimate of drug-likeness (QED) is 0.383. The number of nitrogens with one attached hydrogen (secondary N) is 1. The number of unbranched alkanes of at least 4 members (excludes halogenated alkanes) is 1. The summed E-state index contributed by atoms with van der Waals surface area (Å²) in [7, 11) is 1.88. The van der Waals surface area contributed by atoms with Crippen LogP contribution in [0, 0.1) is 11.6 Å². The van der Waals surface area contributed by atoms with Crippen molar-refractivity contribution in [3.63, 3.8) is 0 Å². The van der Waals surface area contributed by atoms with Crippen LogP contribution in [0.4, 0.5) is 8.78 Å². The average molecular weight is 545 g/mol. The first-order chi connectivity index (χ1) is 18.7. The monoisotopic (exact) mass is 544 g/mol. The van der Waals surface area contributed by atoms with Gasteiger partial charge < -0.3 is 15.3 Å². The van der Waals surface area contributed by atoms with Crippen LogP contribution < -0.4 is 5.32 Å². The van der Waals surface area contributed by atoms with Crippen molar-refractivity contribution in [2.75, 3.05) is 46.3 Å². The van der Waals surface area contributed by atoms with Gasteiger partial charge in [-0.25, -0.2) is 8.78 Å². The summed E-state index contributed by atoms with van der Waals surface area (Å²) >= 11 is 0. The maximum Gasteiger partial charge on any atom is 0.236 e. The number of rotatable bonds is 14. The molecule has 3 rings (SSSR count). The highest BCUT2D eigenvalue weighted by Crippen LogP contribution is 2.14. The fourth-order valence-electron chi connectivity index (χ4n) is 4.97. The van der Waals surface area contributed by atoms with E-state index >= 15 is 0 Å². The molecule has 214 valence electrons. The lowest BCUT2D eigenvalue weighted by molar-refractivity contribution is -0.137. The van der Waals surface area contributed by atoms with Crippen molar-refractivity contribution in [2.24, 2.45) is 0 Å². The molecular formula is C30H42F2N4O3. The third kappa shape index (κ3) is 9.98. The number of amides is 2. The van der Waals surface area contributed by atoms with E-state index in [9.17, 15) is 23.5 Å². The molecule has 39 heavy (non-hydrogen) atoms. The first kappa shape index (κ1) is 30.7. The summed E-state index contributed by atoms with van der Waals surface area (Å²) in [4.78, 5) is 31.1. The van der Waals surface area contributed by atoms with Gasteiger partial charge in [-0.1, -0.05) is 44.5 Å². The first-order valence-corrected chi connectivity index (χ1v) is 13.9. The van der Waals surface area contributed by atoms with Crippen molar-refractivity contribution >= 4 is 11.8 Å². The topological polar surface area (TPSA) is 76.1 Å². The van der Waals surface area contributed by atoms with Crippen molar-refractivity contribution < 1.29 is 23.5 Å². The zero-order chi connectivity index (χ0) is 28.4. The van der Waals surface area contributed by atoms with Crippen LogP contribution in [0.2, 0.25) is 0 Å². The second-order valence-corrected chi connectivity index (χ2v) is 10.5. The number of carbonyl (C=O) groups is 2. The molecule has 0 bridgehead atoms. The lowest BCUT2D eigenvalue weighted by atomic mass is 10.00.